The molecule has 1 amide bonds. The number of nitrogens with zero attached hydrogens (tertiary/aromatic N) is 4. The fourth-order valence-corrected chi connectivity index (χ4v) is 3.48. The van der Waals surface area contributed by atoms with Crippen LogP contribution in [-0.2, 0) is 0 Å². The van der Waals surface area contributed by atoms with Crippen molar-refractivity contribution in [1.82, 2.24) is 25.3 Å². The highest BCUT2D eigenvalue weighted by atomic mass is 19.1. The molecule has 0 fully saturated rings. The van der Waals surface area contributed by atoms with E-state index >= 15 is 0 Å². The number of para-hydroxylation sites is 1. The molecule has 0 saturated carbocycles. The van der Waals surface area contributed by atoms with Crippen LogP contribution in [-0.4, -0.2) is 39.4 Å². The van der Waals surface area contributed by atoms with Crippen molar-refractivity contribution in [2.24, 2.45) is 0 Å². The van der Waals surface area contributed by atoms with Gasteiger partial charge in [-0.3, -0.25) is 9.78 Å². The van der Waals surface area contributed by atoms with Crippen LogP contribution in [0.4, 0.5) is 14.6 Å². The van der Waals surface area contributed by atoms with E-state index in [1.165, 1.54) is 25.6 Å². The smallest absolute Gasteiger partial charge is 0.254 e. The molecule has 32 heavy (non-hydrogen) atoms. The lowest BCUT2D eigenvalue weighted by Crippen LogP contribution is -2.20. The van der Waals surface area contributed by atoms with Gasteiger partial charge in [0.2, 0.25) is 5.95 Å². The standard InChI is InChI=1S/C23H20F2N6O/c1-13(9-28-20-8-18(30-12-31-20)14-6-7-19(25)27-10-14)15-4-3-5-16-21(23(32)26-2)17(24)11-29-22(15)16/h3-8,10-13H,9H2,1-2H3,(H,26,32)(H,28,30,31)/t13-/m1/s1. The lowest BCUT2D eigenvalue weighted by atomic mass is 9.96. The number of anilines is 1. The summed E-state index contributed by atoms with van der Waals surface area (Å²) in [5.41, 5.74) is 2.71. The summed E-state index contributed by atoms with van der Waals surface area (Å²) in [5, 5.41) is 6.20. The maximum atomic E-state index is 14.3. The van der Waals surface area contributed by atoms with E-state index in [2.05, 4.69) is 30.6 Å². The second-order valence-electron chi connectivity index (χ2n) is 7.24. The van der Waals surface area contributed by atoms with Crippen LogP contribution in [0, 0.1) is 11.8 Å². The molecule has 3 aromatic heterocycles. The molecule has 2 N–H and O–H groups in total. The third-order valence-electron chi connectivity index (χ3n) is 5.15. The first-order valence-electron chi connectivity index (χ1n) is 9.95. The highest BCUT2D eigenvalue weighted by molar-refractivity contribution is 6.06. The number of halogens is 2. The van der Waals surface area contributed by atoms with Gasteiger partial charge < -0.3 is 10.6 Å². The van der Waals surface area contributed by atoms with Crippen LogP contribution in [0.15, 0.2) is 55.1 Å². The van der Waals surface area contributed by atoms with Gasteiger partial charge in [0.25, 0.3) is 5.91 Å². The summed E-state index contributed by atoms with van der Waals surface area (Å²) in [7, 11) is 1.46. The maximum absolute atomic E-state index is 14.3. The van der Waals surface area contributed by atoms with Crippen molar-refractivity contribution in [3.8, 4) is 11.3 Å². The predicted molar refractivity (Wildman–Crippen MR) is 117 cm³/mol. The Labute approximate surface area is 183 Å². The van der Waals surface area contributed by atoms with Crippen LogP contribution in [0.3, 0.4) is 0 Å². The van der Waals surface area contributed by atoms with Crippen LogP contribution in [0.2, 0.25) is 0 Å². The highest BCUT2D eigenvalue weighted by Crippen LogP contribution is 2.28. The summed E-state index contributed by atoms with van der Waals surface area (Å²) in [6.07, 6.45) is 3.91. The van der Waals surface area contributed by atoms with Gasteiger partial charge in [0.1, 0.15) is 12.1 Å². The van der Waals surface area contributed by atoms with E-state index in [1.807, 2.05) is 13.0 Å². The molecule has 3 heterocycles. The lowest BCUT2D eigenvalue weighted by molar-refractivity contribution is 0.0960. The number of carbonyl (C=O) groups excluding carboxylic acids is 1. The Morgan fingerprint density at radius 2 is 1.91 bits per heavy atom. The molecule has 1 aromatic carbocycles. The normalized spacial score (nSPS) is 11.9. The van der Waals surface area contributed by atoms with Gasteiger partial charge in [-0.15, -0.1) is 0 Å². The zero-order valence-electron chi connectivity index (χ0n) is 17.4. The van der Waals surface area contributed by atoms with E-state index in [1.54, 1.807) is 24.3 Å². The van der Waals surface area contributed by atoms with E-state index in [9.17, 15) is 13.6 Å². The van der Waals surface area contributed by atoms with Crippen LogP contribution in [0.1, 0.15) is 28.8 Å². The molecule has 4 rings (SSSR count). The Bertz CT molecular complexity index is 1280. The number of aromatic nitrogens is 4. The minimum atomic E-state index is -0.663. The van der Waals surface area contributed by atoms with E-state index in [0.29, 0.717) is 34.5 Å². The first-order valence-corrected chi connectivity index (χ1v) is 9.95. The zero-order chi connectivity index (χ0) is 22.7. The number of nitrogens with one attached hydrogen (secondary N) is 2. The second kappa shape index (κ2) is 9.01. The molecule has 0 aliphatic carbocycles. The topological polar surface area (TPSA) is 92.7 Å². The monoisotopic (exact) mass is 434 g/mol. The highest BCUT2D eigenvalue weighted by Gasteiger charge is 2.19. The summed E-state index contributed by atoms with van der Waals surface area (Å²) in [6.45, 7) is 2.50. The number of hydrogen-bond acceptors (Lipinski definition) is 6. The average molecular weight is 434 g/mol. The summed E-state index contributed by atoms with van der Waals surface area (Å²) < 4.78 is 27.4. The van der Waals surface area contributed by atoms with Crippen molar-refractivity contribution in [2.75, 3.05) is 18.9 Å². The summed E-state index contributed by atoms with van der Waals surface area (Å²) in [4.78, 5) is 28.5. The van der Waals surface area contributed by atoms with Crippen LogP contribution in [0.25, 0.3) is 22.2 Å². The summed E-state index contributed by atoms with van der Waals surface area (Å²) >= 11 is 0. The number of fused-ring (bicyclic) bond motifs is 1. The van der Waals surface area contributed by atoms with Crippen molar-refractivity contribution in [1.29, 1.82) is 0 Å². The van der Waals surface area contributed by atoms with Crippen molar-refractivity contribution < 1.29 is 13.6 Å². The van der Waals surface area contributed by atoms with E-state index in [4.69, 9.17) is 0 Å². The SMILES string of the molecule is CNC(=O)c1c(F)cnc2c([C@H](C)CNc3cc(-c4ccc(F)nc4)ncn3)cccc12. The number of benzene rings is 1. The van der Waals surface area contributed by atoms with Gasteiger partial charge >= 0.3 is 0 Å². The molecular weight excluding hydrogens is 414 g/mol. The van der Waals surface area contributed by atoms with Gasteiger partial charge in [0, 0.05) is 42.7 Å². The minimum absolute atomic E-state index is 0.0205. The first kappa shape index (κ1) is 21.2. The quantitative estimate of drug-likeness (QED) is 0.447. The zero-order valence-corrected chi connectivity index (χ0v) is 17.4. The van der Waals surface area contributed by atoms with Gasteiger partial charge in [-0.25, -0.2) is 19.3 Å². The largest absolute Gasteiger partial charge is 0.369 e. The Balaban J connectivity index is 1.57. The lowest BCUT2D eigenvalue weighted by Gasteiger charge is -2.17. The van der Waals surface area contributed by atoms with E-state index in [-0.39, 0.29) is 11.5 Å². The molecule has 0 radical (unpaired) electrons. The third kappa shape index (κ3) is 4.22. The second-order valence-corrected chi connectivity index (χ2v) is 7.24. The Kier molecular flexibility index (Phi) is 5.98. The maximum Gasteiger partial charge on any atom is 0.254 e. The number of carbonyl (C=O) groups is 1. The number of amides is 1. The summed E-state index contributed by atoms with van der Waals surface area (Å²) in [6, 6.07) is 10.0. The van der Waals surface area contributed by atoms with Crippen LogP contribution >= 0.6 is 0 Å². The molecule has 9 heteroatoms. The Hall–Kier alpha value is -4.01. The number of hydrogen-bond donors (Lipinski definition) is 2. The van der Waals surface area contributed by atoms with Gasteiger partial charge in [-0.1, -0.05) is 25.1 Å². The molecule has 0 saturated heterocycles. The van der Waals surface area contributed by atoms with Crippen LogP contribution in [0.5, 0.6) is 0 Å². The van der Waals surface area contributed by atoms with Crippen molar-refractivity contribution in [3.05, 3.63) is 78.0 Å². The molecule has 0 bridgehead atoms. The third-order valence-corrected chi connectivity index (χ3v) is 5.15. The van der Waals surface area contributed by atoms with Gasteiger partial charge in [-0.05, 0) is 17.7 Å². The Morgan fingerprint density at radius 1 is 1.06 bits per heavy atom. The fourth-order valence-electron chi connectivity index (χ4n) is 3.48. The molecular formula is C23H20F2N6O. The van der Waals surface area contributed by atoms with Gasteiger partial charge in [0.15, 0.2) is 5.82 Å². The first-order chi connectivity index (χ1) is 15.5. The molecule has 1 atom stereocenters. The fraction of sp³-hybridized carbons (Fsp3) is 0.174. The molecule has 0 aliphatic heterocycles. The summed E-state index contributed by atoms with van der Waals surface area (Å²) in [5.74, 6) is -1.15. The van der Waals surface area contributed by atoms with Gasteiger partial charge in [0.05, 0.1) is 23.0 Å². The molecule has 0 aliphatic rings. The van der Waals surface area contributed by atoms with Gasteiger partial charge in [-0.2, -0.15) is 4.39 Å². The minimum Gasteiger partial charge on any atom is -0.369 e. The molecule has 162 valence electrons. The van der Waals surface area contributed by atoms with E-state index in [0.717, 1.165) is 11.8 Å². The predicted octanol–water partition coefficient (Wildman–Crippen LogP) is 3.94. The number of pyridine rings is 2. The molecule has 4 aromatic rings. The van der Waals surface area contributed by atoms with Crippen molar-refractivity contribution in [3.63, 3.8) is 0 Å². The number of rotatable bonds is 6. The Morgan fingerprint density at radius 3 is 2.66 bits per heavy atom. The van der Waals surface area contributed by atoms with Crippen LogP contribution < -0.4 is 10.6 Å². The van der Waals surface area contributed by atoms with E-state index < -0.39 is 17.7 Å². The molecule has 7 nitrogen and oxygen atoms in total. The van der Waals surface area contributed by atoms with Crippen molar-refractivity contribution >= 4 is 22.6 Å². The molecule has 0 spiro atoms. The average Bonchev–Trinajstić information content (AvgIpc) is 2.82. The molecule has 0 unspecified atom stereocenters. The van der Waals surface area contributed by atoms with Crippen molar-refractivity contribution in [2.45, 2.75) is 12.8 Å².